The Bertz CT molecular complexity index is 575. The predicted octanol–water partition coefficient (Wildman–Crippen LogP) is 1.72. The van der Waals surface area contributed by atoms with Crippen LogP contribution in [0.2, 0.25) is 0 Å². The van der Waals surface area contributed by atoms with E-state index in [1.807, 2.05) is 28.8 Å². The van der Waals surface area contributed by atoms with Crippen molar-refractivity contribution in [3.8, 4) is 0 Å². The molecule has 0 bridgehead atoms. The van der Waals surface area contributed by atoms with Gasteiger partial charge in [0.2, 0.25) is 0 Å². The van der Waals surface area contributed by atoms with Gasteiger partial charge in [-0.2, -0.15) is 0 Å². The van der Waals surface area contributed by atoms with Crippen molar-refractivity contribution < 1.29 is 9.53 Å². The highest BCUT2D eigenvalue weighted by molar-refractivity contribution is 5.72. The van der Waals surface area contributed by atoms with Crippen LogP contribution in [0.4, 0.5) is 0 Å². The lowest BCUT2D eigenvalue weighted by Crippen LogP contribution is -2.38. The molecule has 0 spiro atoms. The van der Waals surface area contributed by atoms with Gasteiger partial charge in [-0.1, -0.05) is 6.07 Å². The number of rotatable bonds is 3. The Morgan fingerprint density at radius 2 is 2.40 bits per heavy atom. The fraction of sp³-hybridized carbons (Fsp3) is 0.467. The van der Waals surface area contributed by atoms with Crippen LogP contribution < -0.4 is 0 Å². The molecule has 0 aliphatic carbocycles. The molecule has 3 rings (SSSR count). The molecule has 106 valence electrons. The molecule has 0 radical (unpaired) electrons. The van der Waals surface area contributed by atoms with Crippen molar-refractivity contribution in [3.05, 3.63) is 36.3 Å². The largest absolute Gasteiger partial charge is 0.469 e. The summed E-state index contributed by atoms with van der Waals surface area (Å²) in [5.41, 5.74) is 2.01. The number of carbonyl (C=O) groups is 1. The lowest BCUT2D eigenvalue weighted by molar-refractivity contribution is -0.147. The van der Waals surface area contributed by atoms with Crippen LogP contribution in [-0.2, 0) is 16.1 Å². The van der Waals surface area contributed by atoms with Crippen LogP contribution in [0.1, 0.15) is 18.5 Å². The molecule has 1 atom stereocenters. The number of pyridine rings is 1. The minimum atomic E-state index is -0.0929. The summed E-state index contributed by atoms with van der Waals surface area (Å²) in [4.78, 5) is 18.5. The van der Waals surface area contributed by atoms with Crippen LogP contribution in [0.3, 0.4) is 0 Å². The van der Waals surface area contributed by atoms with E-state index < -0.39 is 0 Å². The molecule has 0 amide bonds. The lowest BCUT2D eigenvalue weighted by Gasteiger charge is -2.30. The number of hydrogen-bond acceptors (Lipinski definition) is 4. The van der Waals surface area contributed by atoms with E-state index in [9.17, 15) is 4.79 Å². The molecule has 5 heteroatoms. The van der Waals surface area contributed by atoms with Gasteiger partial charge in [0.25, 0.3) is 0 Å². The highest BCUT2D eigenvalue weighted by atomic mass is 16.5. The van der Waals surface area contributed by atoms with Gasteiger partial charge < -0.3 is 9.14 Å². The Balaban J connectivity index is 1.69. The molecule has 1 saturated heterocycles. The SMILES string of the molecule is COC(=O)[C@H]1CCCN(Cc2cn3ccccc3n2)C1. The maximum atomic E-state index is 11.6. The van der Waals surface area contributed by atoms with E-state index in [-0.39, 0.29) is 11.9 Å². The van der Waals surface area contributed by atoms with Crippen molar-refractivity contribution in [2.24, 2.45) is 5.92 Å². The Kier molecular flexibility index (Phi) is 3.69. The third kappa shape index (κ3) is 2.67. The third-order valence-electron chi connectivity index (χ3n) is 3.84. The van der Waals surface area contributed by atoms with E-state index in [1.165, 1.54) is 7.11 Å². The van der Waals surface area contributed by atoms with E-state index >= 15 is 0 Å². The van der Waals surface area contributed by atoms with Gasteiger partial charge in [-0.05, 0) is 31.5 Å². The summed E-state index contributed by atoms with van der Waals surface area (Å²) in [5.74, 6) is -0.0875. The Morgan fingerprint density at radius 3 is 3.20 bits per heavy atom. The highest BCUT2D eigenvalue weighted by Gasteiger charge is 2.26. The van der Waals surface area contributed by atoms with Crippen LogP contribution in [0, 0.1) is 5.92 Å². The van der Waals surface area contributed by atoms with Gasteiger partial charge in [-0.3, -0.25) is 9.69 Å². The summed E-state index contributed by atoms with van der Waals surface area (Å²) in [7, 11) is 1.46. The van der Waals surface area contributed by atoms with Crippen molar-refractivity contribution >= 4 is 11.6 Å². The molecule has 1 fully saturated rings. The molecule has 0 unspecified atom stereocenters. The molecule has 1 aliphatic rings. The number of likely N-dealkylation sites (tertiary alicyclic amines) is 1. The normalized spacial score (nSPS) is 20.1. The quantitative estimate of drug-likeness (QED) is 0.799. The minimum absolute atomic E-state index is 0.00535. The van der Waals surface area contributed by atoms with E-state index in [4.69, 9.17) is 4.74 Å². The first-order chi connectivity index (χ1) is 9.76. The minimum Gasteiger partial charge on any atom is -0.469 e. The number of esters is 1. The number of hydrogen-bond donors (Lipinski definition) is 0. The first kappa shape index (κ1) is 13.1. The first-order valence-electron chi connectivity index (χ1n) is 6.99. The lowest BCUT2D eigenvalue weighted by atomic mass is 9.98. The maximum Gasteiger partial charge on any atom is 0.309 e. The summed E-state index contributed by atoms with van der Waals surface area (Å²) in [6.07, 6.45) is 6.01. The molecule has 2 aromatic rings. The molecular weight excluding hydrogens is 254 g/mol. The zero-order valence-corrected chi connectivity index (χ0v) is 11.7. The zero-order valence-electron chi connectivity index (χ0n) is 11.7. The average molecular weight is 273 g/mol. The molecule has 0 aromatic carbocycles. The summed E-state index contributed by atoms with van der Waals surface area (Å²) in [5, 5.41) is 0. The van der Waals surface area contributed by atoms with E-state index in [0.29, 0.717) is 0 Å². The van der Waals surface area contributed by atoms with Gasteiger partial charge in [-0.15, -0.1) is 0 Å². The van der Waals surface area contributed by atoms with Crippen molar-refractivity contribution in [3.63, 3.8) is 0 Å². The number of fused-ring (bicyclic) bond motifs is 1. The molecular formula is C15H19N3O2. The second-order valence-electron chi connectivity index (χ2n) is 5.30. The van der Waals surface area contributed by atoms with Crippen LogP contribution in [0.5, 0.6) is 0 Å². The van der Waals surface area contributed by atoms with Crippen LogP contribution in [0.25, 0.3) is 5.65 Å². The summed E-state index contributed by atoms with van der Waals surface area (Å²) in [6, 6.07) is 5.98. The van der Waals surface area contributed by atoms with Gasteiger partial charge in [0, 0.05) is 25.5 Å². The topological polar surface area (TPSA) is 46.8 Å². The number of methoxy groups -OCH3 is 1. The molecule has 3 heterocycles. The number of nitrogens with zero attached hydrogens (tertiary/aromatic N) is 3. The fourth-order valence-corrected chi connectivity index (χ4v) is 2.85. The molecule has 0 saturated carbocycles. The molecule has 1 aliphatic heterocycles. The van der Waals surface area contributed by atoms with Crippen molar-refractivity contribution in [2.45, 2.75) is 19.4 Å². The Hall–Kier alpha value is -1.88. The molecule has 20 heavy (non-hydrogen) atoms. The second-order valence-corrected chi connectivity index (χ2v) is 5.30. The van der Waals surface area contributed by atoms with Crippen LogP contribution in [-0.4, -0.2) is 40.5 Å². The molecule has 0 N–H and O–H groups in total. The Morgan fingerprint density at radius 1 is 1.50 bits per heavy atom. The number of carbonyl (C=O) groups excluding carboxylic acids is 1. The fourth-order valence-electron chi connectivity index (χ4n) is 2.85. The zero-order chi connectivity index (χ0) is 13.9. The summed E-state index contributed by atoms with van der Waals surface area (Å²) < 4.78 is 6.88. The van der Waals surface area contributed by atoms with E-state index in [0.717, 1.165) is 43.8 Å². The molecule has 2 aromatic heterocycles. The first-order valence-corrected chi connectivity index (χ1v) is 6.99. The van der Waals surface area contributed by atoms with Gasteiger partial charge in [0.15, 0.2) is 0 Å². The predicted molar refractivity (Wildman–Crippen MR) is 75.2 cm³/mol. The summed E-state index contributed by atoms with van der Waals surface area (Å²) in [6.45, 7) is 2.57. The standard InChI is InChI=1S/C15H19N3O2/c1-20-15(19)12-5-4-7-17(9-12)10-13-11-18-8-3-2-6-14(18)16-13/h2-3,6,8,11-12H,4-5,7,9-10H2,1H3/t12-/m0/s1. The number of aromatic nitrogens is 2. The average Bonchev–Trinajstić information content (AvgIpc) is 2.88. The van der Waals surface area contributed by atoms with Gasteiger partial charge >= 0.3 is 5.97 Å². The van der Waals surface area contributed by atoms with Gasteiger partial charge in [-0.25, -0.2) is 4.98 Å². The number of ether oxygens (including phenoxy) is 1. The summed E-state index contributed by atoms with van der Waals surface area (Å²) >= 11 is 0. The van der Waals surface area contributed by atoms with Crippen LogP contribution in [0.15, 0.2) is 30.6 Å². The van der Waals surface area contributed by atoms with Gasteiger partial charge in [0.1, 0.15) is 5.65 Å². The molecule has 5 nitrogen and oxygen atoms in total. The van der Waals surface area contributed by atoms with Crippen molar-refractivity contribution in [1.82, 2.24) is 14.3 Å². The van der Waals surface area contributed by atoms with E-state index in [1.54, 1.807) is 0 Å². The van der Waals surface area contributed by atoms with Crippen molar-refractivity contribution in [2.75, 3.05) is 20.2 Å². The van der Waals surface area contributed by atoms with E-state index in [2.05, 4.69) is 16.1 Å². The third-order valence-corrected chi connectivity index (χ3v) is 3.84. The monoisotopic (exact) mass is 273 g/mol. The van der Waals surface area contributed by atoms with Gasteiger partial charge in [0.05, 0.1) is 18.7 Å². The smallest absolute Gasteiger partial charge is 0.309 e. The Labute approximate surface area is 118 Å². The van der Waals surface area contributed by atoms with Crippen molar-refractivity contribution in [1.29, 1.82) is 0 Å². The highest BCUT2D eigenvalue weighted by Crippen LogP contribution is 2.19. The number of piperidine rings is 1. The van der Waals surface area contributed by atoms with Crippen LogP contribution >= 0.6 is 0 Å². The maximum absolute atomic E-state index is 11.6. The number of imidazole rings is 1. The second kappa shape index (κ2) is 5.63.